The van der Waals surface area contributed by atoms with E-state index in [0.717, 1.165) is 77.3 Å². The third kappa shape index (κ3) is 10.7. The van der Waals surface area contributed by atoms with Crippen LogP contribution < -0.4 is 10.6 Å². The Labute approximate surface area is 163 Å². The summed E-state index contributed by atoms with van der Waals surface area (Å²) < 4.78 is 16.8. The highest BCUT2D eigenvalue weighted by Crippen LogP contribution is 2.28. The number of ether oxygens (including phenoxy) is 3. The fourth-order valence-electron chi connectivity index (χ4n) is 2.51. The van der Waals surface area contributed by atoms with Crippen LogP contribution in [-0.4, -0.2) is 65.2 Å². The van der Waals surface area contributed by atoms with Crippen molar-refractivity contribution in [3.63, 3.8) is 0 Å². The number of hydrogen-bond donors (Lipinski definition) is 2. The van der Waals surface area contributed by atoms with Gasteiger partial charge in [-0.15, -0.1) is 24.0 Å². The summed E-state index contributed by atoms with van der Waals surface area (Å²) in [6.45, 7) is 5.91. The van der Waals surface area contributed by atoms with Crippen LogP contribution in [0, 0.1) is 5.92 Å². The lowest BCUT2D eigenvalue weighted by Gasteiger charge is -2.13. The molecule has 2 rings (SSSR count). The summed E-state index contributed by atoms with van der Waals surface area (Å²) in [5.74, 6) is 1.70. The summed E-state index contributed by atoms with van der Waals surface area (Å²) in [5.41, 5.74) is 0. The summed E-state index contributed by atoms with van der Waals surface area (Å²) in [5, 5.41) is 6.61. The maximum atomic E-state index is 5.64. The molecular weight excluding hydrogens is 421 g/mol. The van der Waals surface area contributed by atoms with E-state index in [0.29, 0.717) is 6.10 Å². The van der Waals surface area contributed by atoms with E-state index < -0.39 is 0 Å². The monoisotopic (exact) mass is 455 g/mol. The Balaban J connectivity index is 0.00000288. The van der Waals surface area contributed by atoms with Gasteiger partial charge in [-0.1, -0.05) is 0 Å². The number of hydrogen-bond acceptors (Lipinski definition) is 4. The van der Waals surface area contributed by atoms with Gasteiger partial charge in [-0.2, -0.15) is 0 Å². The van der Waals surface area contributed by atoms with Crippen molar-refractivity contribution in [2.24, 2.45) is 10.9 Å². The normalized spacial score (nSPS) is 20.7. The second kappa shape index (κ2) is 14.1. The molecule has 1 atom stereocenters. The second-order valence-corrected chi connectivity index (χ2v) is 6.36. The Kier molecular flexibility index (Phi) is 12.9. The molecule has 142 valence electrons. The Morgan fingerprint density at radius 2 is 1.71 bits per heavy atom. The van der Waals surface area contributed by atoms with Gasteiger partial charge in [0.25, 0.3) is 0 Å². The summed E-state index contributed by atoms with van der Waals surface area (Å²) in [4.78, 5) is 4.22. The first-order valence-electron chi connectivity index (χ1n) is 9.10. The van der Waals surface area contributed by atoms with Crippen molar-refractivity contribution >= 4 is 29.9 Å². The van der Waals surface area contributed by atoms with Gasteiger partial charge >= 0.3 is 0 Å². The van der Waals surface area contributed by atoms with Gasteiger partial charge in [0.2, 0.25) is 0 Å². The molecule has 0 spiro atoms. The lowest BCUT2D eigenvalue weighted by atomic mass is 10.2. The summed E-state index contributed by atoms with van der Waals surface area (Å²) >= 11 is 0. The number of aliphatic imine (C=N–C) groups is 1. The number of halogens is 1. The first-order valence-corrected chi connectivity index (χ1v) is 9.10. The van der Waals surface area contributed by atoms with Gasteiger partial charge in [0.05, 0.1) is 12.7 Å². The van der Waals surface area contributed by atoms with Crippen LogP contribution in [0.2, 0.25) is 0 Å². The minimum absolute atomic E-state index is 0. The predicted octanol–water partition coefficient (Wildman–Crippen LogP) is 2.17. The van der Waals surface area contributed by atoms with Crippen LogP contribution in [0.3, 0.4) is 0 Å². The predicted molar refractivity (Wildman–Crippen MR) is 107 cm³/mol. The van der Waals surface area contributed by atoms with Crippen LogP contribution >= 0.6 is 24.0 Å². The van der Waals surface area contributed by atoms with Crippen LogP contribution in [0.25, 0.3) is 0 Å². The first-order chi connectivity index (χ1) is 11.4. The fourth-order valence-corrected chi connectivity index (χ4v) is 2.51. The Hall–Kier alpha value is -0.120. The Morgan fingerprint density at radius 1 is 1.04 bits per heavy atom. The van der Waals surface area contributed by atoms with E-state index in [4.69, 9.17) is 14.2 Å². The van der Waals surface area contributed by atoms with Crippen molar-refractivity contribution in [2.75, 3.05) is 53.2 Å². The highest BCUT2D eigenvalue weighted by molar-refractivity contribution is 14.0. The molecule has 1 aliphatic heterocycles. The molecule has 1 saturated carbocycles. The van der Waals surface area contributed by atoms with Crippen molar-refractivity contribution in [3.8, 4) is 0 Å². The van der Waals surface area contributed by atoms with Crippen LogP contribution in [0.1, 0.15) is 38.5 Å². The molecular formula is C17H34IN3O3. The van der Waals surface area contributed by atoms with Gasteiger partial charge in [0, 0.05) is 46.6 Å². The van der Waals surface area contributed by atoms with Gasteiger partial charge in [-0.25, -0.2) is 0 Å². The quantitative estimate of drug-likeness (QED) is 0.205. The SMILES string of the molecule is CN=C(NCCCOCC1CC1)NCCCOCC1CCCO1.I. The highest BCUT2D eigenvalue weighted by Gasteiger charge is 2.20. The molecule has 1 aliphatic carbocycles. The van der Waals surface area contributed by atoms with E-state index >= 15 is 0 Å². The maximum absolute atomic E-state index is 5.64. The number of guanidine groups is 1. The Bertz CT molecular complexity index is 335. The molecule has 2 N–H and O–H groups in total. The molecule has 0 aromatic carbocycles. The van der Waals surface area contributed by atoms with Crippen LogP contribution in [0.4, 0.5) is 0 Å². The lowest BCUT2D eigenvalue weighted by Crippen LogP contribution is -2.38. The zero-order chi connectivity index (χ0) is 16.2. The van der Waals surface area contributed by atoms with Gasteiger partial charge in [-0.3, -0.25) is 4.99 Å². The average molecular weight is 455 g/mol. The molecule has 2 fully saturated rings. The van der Waals surface area contributed by atoms with Crippen LogP contribution in [0.15, 0.2) is 4.99 Å². The molecule has 0 radical (unpaired) electrons. The molecule has 1 saturated heterocycles. The average Bonchev–Trinajstić information content (AvgIpc) is 3.25. The first kappa shape index (κ1) is 21.9. The fraction of sp³-hybridized carbons (Fsp3) is 0.941. The van der Waals surface area contributed by atoms with E-state index in [1.165, 1.54) is 19.3 Å². The van der Waals surface area contributed by atoms with Crippen molar-refractivity contribution in [3.05, 3.63) is 0 Å². The summed E-state index contributed by atoms with van der Waals surface area (Å²) in [7, 11) is 1.80. The van der Waals surface area contributed by atoms with Crippen LogP contribution in [-0.2, 0) is 14.2 Å². The van der Waals surface area contributed by atoms with Crippen molar-refractivity contribution < 1.29 is 14.2 Å². The summed E-state index contributed by atoms with van der Waals surface area (Å²) in [6.07, 6.45) is 7.32. The third-order valence-electron chi connectivity index (χ3n) is 4.12. The van der Waals surface area contributed by atoms with Gasteiger partial charge < -0.3 is 24.8 Å². The largest absolute Gasteiger partial charge is 0.381 e. The topological polar surface area (TPSA) is 64.1 Å². The molecule has 2 aliphatic rings. The van der Waals surface area contributed by atoms with Gasteiger partial charge in [-0.05, 0) is 44.4 Å². The standard InChI is InChI=1S/C17H33N3O3.HI/c1-18-17(19-8-3-10-21-13-15-6-7-15)20-9-4-11-22-14-16-5-2-12-23-16;/h15-16H,2-14H2,1H3,(H2,18,19,20);1H. The number of nitrogens with one attached hydrogen (secondary N) is 2. The molecule has 0 bridgehead atoms. The zero-order valence-corrected chi connectivity index (χ0v) is 17.3. The maximum Gasteiger partial charge on any atom is 0.190 e. The van der Waals surface area contributed by atoms with Crippen LogP contribution in [0.5, 0.6) is 0 Å². The zero-order valence-electron chi connectivity index (χ0n) is 14.9. The minimum Gasteiger partial charge on any atom is -0.381 e. The molecule has 24 heavy (non-hydrogen) atoms. The Morgan fingerprint density at radius 3 is 2.25 bits per heavy atom. The highest BCUT2D eigenvalue weighted by atomic mass is 127. The molecule has 0 aromatic heterocycles. The molecule has 0 aromatic rings. The lowest BCUT2D eigenvalue weighted by molar-refractivity contribution is 0.0168. The third-order valence-corrected chi connectivity index (χ3v) is 4.12. The number of rotatable bonds is 12. The molecule has 6 nitrogen and oxygen atoms in total. The van der Waals surface area contributed by atoms with E-state index in [2.05, 4.69) is 15.6 Å². The van der Waals surface area contributed by atoms with E-state index in [-0.39, 0.29) is 24.0 Å². The van der Waals surface area contributed by atoms with Gasteiger partial charge in [0.15, 0.2) is 5.96 Å². The van der Waals surface area contributed by atoms with Gasteiger partial charge in [0.1, 0.15) is 0 Å². The van der Waals surface area contributed by atoms with Crippen molar-refractivity contribution in [2.45, 2.75) is 44.6 Å². The molecule has 7 heteroatoms. The molecule has 1 heterocycles. The minimum atomic E-state index is 0. The van der Waals surface area contributed by atoms with Crippen molar-refractivity contribution in [1.82, 2.24) is 10.6 Å². The number of nitrogens with zero attached hydrogens (tertiary/aromatic N) is 1. The van der Waals surface area contributed by atoms with Crippen molar-refractivity contribution in [1.29, 1.82) is 0 Å². The second-order valence-electron chi connectivity index (χ2n) is 6.36. The van der Waals surface area contributed by atoms with E-state index in [9.17, 15) is 0 Å². The van der Waals surface area contributed by atoms with E-state index in [1.54, 1.807) is 7.05 Å². The molecule has 0 amide bonds. The van der Waals surface area contributed by atoms with E-state index in [1.807, 2.05) is 0 Å². The molecule has 1 unspecified atom stereocenters. The smallest absolute Gasteiger partial charge is 0.190 e. The summed E-state index contributed by atoms with van der Waals surface area (Å²) in [6, 6.07) is 0.